The molecule has 24 heavy (non-hydrogen) atoms. The van der Waals surface area contributed by atoms with Gasteiger partial charge in [0.2, 0.25) is 0 Å². The number of thiophene rings is 1. The zero-order valence-electron chi connectivity index (χ0n) is 13.3. The lowest BCUT2D eigenvalue weighted by Gasteiger charge is -2.12. The molecule has 0 fully saturated rings. The highest BCUT2D eigenvalue weighted by Gasteiger charge is 2.21. The second-order valence-electron chi connectivity index (χ2n) is 5.25. The lowest BCUT2D eigenvalue weighted by molar-refractivity contribution is 0.0314. The molecule has 0 amide bonds. The van der Waals surface area contributed by atoms with Crippen molar-refractivity contribution < 1.29 is 9.53 Å². The number of nitrogens with zero attached hydrogens (tertiary/aromatic N) is 3. The van der Waals surface area contributed by atoms with Gasteiger partial charge in [0.25, 0.3) is 5.56 Å². The molecule has 3 rings (SSSR count). The average Bonchev–Trinajstić information content (AvgIpc) is 2.82. The summed E-state index contributed by atoms with van der Waals surface area (Å²) in [7, 11) is 0. The van der Waals surface area contributed by atoms with Crippen LogP contribution in [0.4, 0.5) is 5.82 Å². The Morgan fingerprint density at radius 3 is 2.75 bits per heavy atom. The average molecular weight is 345 g/mol. The van der Waals surface area contributed by atoms with Gasteiger partial charge in [-0.15, -0.1) is 11.3 Å². The maximum Gasteiger partial charge on any atom is 0.361 e. The van der Waals surface area contributed by atoms with Crippen LogP contribution in [0, 0.1) is 13.8 Å². The smallest absolute Gasteiger partial charge is 0.361 e. The highest BCUT2D eigenvalue weighted by atomic mass is 32.1. The third-order valence-electron chi connectivity index (χ3n) is 3.65. The van der Waals surface area contributed by atoms with Crippen LogP contribution in [-0.4, -0.2) is 25.9 Å². The molecule has 0 spiro atoms. The monoisotopic (exact) mass is 345 g/mol. The van der Waals surface area contributed by atoms with E-state index in [-0.39, 0.29) is 22.9 Å². The fourth-order valence-corrected chi connectivity index (χ4v) is 3.28. The first-order valence-corrected chi connectivity index (χ1v) is 7.97. The Labute approximate surface area is 140 Å². The molecule has 0 radical (unpaired) electrons. The molecule has 3 heterocycles. The van der Waals surface area contributed by atoms with Crippen molar-refractivity contribution in [3.05, 3.63) is 44.7 Å². The van der Waals surface area contributed by atoms with Gasteiger partial charge >= 0.3 is 5.97 Å². The van der Waals surface area contributed by atoms with Crippen LogP contribution in [0.2, 0.25) is 0 Å². The summed E-state index contributed by atoms with van der Waals surface area (Å²) in [5.74, 6) is -0.477. The van der Waals surface area contributed by atoms with Gasteiger partial charge in [-0.3, -0.25) is 4.79 Å². The second kappa shape index (κ2) is 6.00. The first-order chi connectivity index (χ1) is 11.4. The molecule has 0 aliphatic rings. The van der Waals surface area contributed by atoms with Crippen LogP contribution in [0.1, 0.15) is 39.8 Å². The van der Waals surface area contributed by atoms with Crippen molar-refractivity contribution >= 4 is 33.3 Å². The normalized spacial score (nSPS) is 12.3. The van der Waals surface area contributed by atoms with Crippen molar-refractivity contribution in [1.82, 2.24) is 19.9 Å². The number of aromatic amines is 1. The van der Waals surface area contributed by atoms with E-state index in [4.69, 9.17) is 10.5 Å². The molecular weight excluding hydrogens is 330 g/mol. The first-order valence-electron chi connectivity index (χ1n) is 7.16. The summed E-state index contributed by atoms with van der Waals surface area (Å²) >= 11 is 1.43. The minimum absolute atomic E-state index is 0.0175. The van der Waals surface area contributed by atoms with Crippen molar-refractivity contribution in [2.24, 2.45) is 0 Å². The Hall–Kier alpha value is -2.81. The van der Waals surface area contributed by atoms with Gasteiger partial charge in [0, 0.05) is 17.3 Å². The molecule has 1 atom stereocenters. The highest BCUT2D eigenvalue weighted by Crippen LogP contribution is 2.27. The highest BCUT2D eigenvalue weighted by molar-refractivity contribution is 7.18. The fourth-order valence-electron chi connectivity index (χ4n) is 2.24. The van der Waals surface area contributed by atoms with Crippen LogP contribution in [0.3, 0.4) is 0 Å². The van der Waals surface area contributed by atoms with Gasteiger partial charge in [0.05, 0.1) is 5.39 Å². The lowest BCUT2D eigenvalue weighted by Crippen LogP contribution is -2.18. The van der Waals surface area contributed by atoms with E-state index in [0.717, 1.165) is 10.4 Å². The van der Waals surface area contributed by atoms with Gasteiger partial charge in [-0.1, -0.05) is 0 Å². The number of rotatable bonds is 3. The topological polar surface area (TPSA) is 124 Å². The summed E-state index contributed by atoms with van der Waals surface area (Å²) in [6, 6.07) is 0. The van der Waals surface area contributed by atoms with Gasteiger partial charge in [0.1, 0.15) is 4.83 Å². The van der Waals surface area contributed by atoms with Crippen LogP contribution in [0.5, 0.6) is 0 Å². The molecule has 3 aromatic heterocycles. The largest absolute Gasteiger partial charge is 0.450 e. The van der Waals surface area contributed by atoms with E-state index in [1.54, 1.807) is 6.92 Å². The number of nitrogen functional groups attached to an aromatic ring is 1. The number of esters is 1. The standard InChI is InChI=1S/C15H15N5O3S/c1-6-8(3)24-14-9(6)13(21)19-12(20-14)7(2)23-15(22)10-11(16)18-5-4-17-10/h4-5,7H,1-3H3,(H2,16,18)(H,19,20,21)/t7-/m1/s1. The maximum absolute atomic E-state index is 12.3. The summed E-state index contributed by atoms with van der Waals surface area (Å²) in [6.07, 6.45) is 1.96. The van der Waals surface area contributed by atoms with E-state index >= 15 is 0 Å². The van der Waals surface area contributed by atoms with Crippen LogP contribution >= 0.6 is 11.3 Å². The maximum atomic E-state index is 12.3. The molecule has 0 aliphatic heterocycles. The summed E-state index contributed by atoms with van der Waals surface area (Å²) in [5, 5.41) is 0.568. The summed E-state index contributed by atoms with van der Waals surface area (Å²) in [5.41, 5.74) is 6.19. The van der Waals surface area contributed by atoms with Crippen molar-refractivity contribution in [3.63, 3.8) is 0 Å². The Bertz CT molecular complexity index is 994. The molecule has 9 heteroatoms. The molecular formula is C15H15N5O3S. The Morgan fingerprint density at radius 1 is 1.33 bits per heavy atom. The number of hydrogen-bond donors (Lipinski definition) is 2. The molecule has 0 saturated carbocycles. The number of fused-ring (bicyclic) bond motifs is 1. The van der Waals surface area contributed by atoms with Crippen LogP contribution in [0.15, 0.2) is 17.2 Å². The predicted octanol–water partition coefficient (Wildman–Crippen LogP) is 1.89. The van der Waals surface area contributed by atoms with Crippen LogP contribution in [0.25, 0.3) is 10.2 Å². The lowest BCUT2D eigenvalue weighted by atomic mass is 10.2. The van der Waals surface area contributed by atoms with E-state index < -0.39 is 12.1 Å². The van der Waals surface area contributed by atoms with E-state index in [2.05, 4.69) is 19.9 Å². The van der Waals surface area contributed by atoms with Gasteiger partial charge < -0.3 is 15.5 Å². The number of hydrogen-bond acceptors (Lipinski definition) is 8. The number of carbonyl (C=O) groups is 1. The molecule has 0 aromatic carbocycles. The molecule has 3 aromatic rings. The number of aromatic nitrogens is 4. The fraction of sp³-hybridized carbons (Fsp3) is 0.267. The summed E-state index contributed by atoms with van der Waals surface area (Å²) in [6.45, 7) is 5.42. The minimum atomic E-state index is -0.765. The third-order valence-corrected chi connectivity index (χ3v) is 4.75. The molecule has 0 bridgehead atoms. The zero-order valence-corrected chi connectivity index (χ0v) is 14.1. The molecule has 0 unspecified atom stereocenters. The summed E-state index contributed by atoms with van der Waals surface area (Å²) < 4.78 is 5.29. The molecule has 0 aliphatic carbocycles. The third kappa shape index (κ3) is 2.73. The molecule has 0 saturated heterocycles. The SMILES string of the molecule is Cc1sc2nc([C@@H](C)OC(=O)c3nccnc3N)[nH]c(=O)c2c1C. The molecule has 8 nitrogen and oxygen atoms in total. The Balaban J connectivity index is 1.92. The van der Waals surface area contributed by atoms with E-state index in [1.165, 1.54) is 23.7 Å². The predicted molar refractivity (Wildman–Crippen MR) is 90.0 cm³/mol. The van der Waals surface area contributed by atoms with Crippen molar-refractivity contribution in [1.29, 1.82) is 0 Å². The molecule has 3 N–H and O–H groups in total. The van der Waals surface area contributed by atoms with Crippen molar-refractivity contribution in [2.75, 3.05) is 5.73 Å². The molecule has 124 valence electrons. The zero-order chi connectivity index (χ0) is 17.4. The minimum Gasteiger partial charge on any atom is -0.450 e. The van der Waals surface area contributed by atoms with E-state index in [0.29, 0.717) is 10.2 Å². The number of ether oxygens (including phenoxy) is 1. The second-order valence-corrected chi connectivity index (χ2v) is 6.46. The van der Waals surface area contributed by atoms with Gasteiger partial charge in [-0.2, -0.15) is 0 Å². The van der Waals surface area contributed by atoms with Crippen LogP contribution < -0.4 is 11.3 Å². The number of nitrogens with two attached hydrogens (primary N) is 1. The van der Waals surface area contributed by atoms with E-state index in [1.807, 2.05) is 13.8 Å². The number of nitrogens with one attached hydrogen (secondary N) is 1. The van der Waals surface area contributed by atoms with Gasteiger partial charge in [-0.25, -0.2) is 19.7 Å². The number of carbonyl (C=O) groups excluding carboxylic acids is 1. The first kappa shape index (κ1) is 16.1. The van der Waals surface area contributed by atoms with Gasteiger partial charge in [0.15, 0.2) is 23.4 Å². The van der Waals surface area contributed by atoms with Crippen molar-refractivity contribution in [2.45, 2.75) is 26.9 Å². The number of H-pyrrole nitrogens is 1. The number of aryl methyl sites for hydroxylation is 2. The van der Waals surface area contributed by atoms with Crippen LogP contribution in [-0.2, 0) is 4.74 Å². The summed E-state index contributed by atoms with van der Waals surface area (Å²) in [4.78, 5) is 40.8. The van der Waals surface area contributed by atoms with Crippen molar-refractivity contribution in [3.8, 4) is 0 Å². The van der Waals surface area contributed by atoms with E-state index in [9.17, 15) is 9.59 Å². The Morgan fingerprint density at radius 2 is 2.04 bits per heavy atom. The Kier molecular flexibility index (Phi) is 4.02. The number of anilines is 1. The van der Waals surface area contributed by atoms with Gasteiger partial charge in [-0.05, 0) is 26.3 Å². The quantitative estimate of drug-likeness (QED) is 0.695.